The molecule has 0 aromatic heterocycles. The first-order valence-corrected chi connectivity index (χ1v) is 14.8. The summed E-state index contributed by atoms with van der Waals surface area (Å²) in [6.45, 7) is 6.55. The Kier molecular flexibility index (Phi) is 10.3. The van der Waals surface area contributed by atoms with Gasteiger partial charge >= 0.3 is 0 Å². The van der Waals surface area contributed by atoms with Crippen molar-refractivity contribution in [3.05, 3.63) is 92.9 Å². The smallest absolute Gasteiger partial charge is 0.264 e. The van der Waals surface area contributed by atoms with Crippen molar-refractivity contribution in [2.75, 3.05) is 10.8 Å². The molecule has 2 amide bonds. The minimum Gasteiger partial charge on any atom is -0.352 e. The topological polar surface area (TPSA) is 86.8 Å². The Hall–Kier alpha value is -2.78. The zero-order chi connectivity index (χ0) is 28.9. The van der Waals surface area contributed by atoms with Crippen LogP contribution in [0.2, 0.25) is 15.1 Å². The molecular weight excluding hydrogens is 581 g/mol. The predicted molar refractivity (Wildman–Crippen MR) is 157 cm³/mol. The fourth-order valence-electron chi connectivity index (χ4n) is 3.78. The van der Waals surface area contributed by atoms with E-state index in [1.54, 1.807) is 43.3 Å². The van der Waals surface area contributed by atoms with E-state index in [1.807, 2.05) is 20.8 Å². The van der Waals surface area contributed by atoms with E-state index in [0.29, 0.717) is 5.02 Å². The number of nitrogens with one attached hydrogen (secondary N) is 1. The average Bonchev–Trinajstić information content (AvgIpc) is 2.88. The van der Waals surface area contributed by atoms with E-state index in [1.165, 1.54) is 35.2 Å². The van der Waals surface area contributed by atoms with Crippen LogP contribution in [-0.2, 0) is 26.2 Å². The van der Waals surface area contributed by atoms with E-state index in [2.05, 4.69) is 5.32 Å². The molecule has 11 heteroatoms. The SMILES string of the molecule is Cc1ccc(S(=O)(=O)N(CC(=O)N(Cc2ccc(Cl)cc2)[C@@H](C)C(=O)NC(C)C)c2ccc(Cl)c(Cl)c2)cc1. The zero-order valence-corrected chi connectivity index (χ0v) is 25.1. The molecule has 7 nitrogen and oxygen atoms in total. The van der Waals surface area contributed by atoms with Crippen LogP contribution < -0.4 is 9.62 Å². The Morgan fingerprint density at radius 3 is 2.05 bits per heavy atom. The van der Waals surface area contributed by atoms with Gasteiger partial charge in [0.25, 0.3) is 10.0 Å². The quantitative estimate of drug-likeness (QED) is 0.301. The number of anilines is 1. The van der Waals surface area contributed by atoms with Crippen molar-refractivity contribution in [2.24, 2.45) is 0 Å². The van der Waals surface area contributed by atoms with Crippen LogP contribution in [0.3, 0.4) is 0 Å². The van der Waals surface area contributed by atoms with Crippen LogP contribution in [-0.4, -0.2) is 43.8 Å². The lowest BCUT2D eigenvalue weighted by Gasteiger charge is -2.32. The van der Waals surface area contributed by atoms with Gasteiger partial charge in [-0.15, -0.1) is 0 Å². The Morgan fingerprint density at radius 2 is 1.49 bits per heavy atom. The lowest BCUT2D eigenvalue weighted by molar-refractivity contribution is -0.139. The van der Waals surface area contributed by atoms with E-state index >= 15 is 0 Å². The number of hydrogen-bond donors (Lipinski definition) is 1. The molecule has 1 N–H and O–H groups in total. The number of aryl methyl sites for hydroxylation is 1. The second kappa shape index (κ2) is 13.0. The first-order chi connectivity index (χ1) is 18.3. The van der Waals surface area contributed by atoms with Gasteiger partial charge in [0.05, 0.1) is 20.6 Å². The minimum atomic E-state index is -4.21. The molecule has 0 saturated carbocycles. The lowest BCUT2D eigenvalue weighted by atomic mass is 10.1. The molecule has 0 unspecified atom stereocenters. The highest BCUT2D eigenvalue weighted by Gasteiger charge is 2.33. The number of rotatable bonds is 10. The van der Waals surface area contributed by atoms with Crippen molar-refractivity contribution in [1.82, 2.24) is 10.2 Å². The summed E-state index contributed by atoms with van der Waals surface area (Å²) in [7, 11) is -4.21. The molecule has 0 aliphatic carbocycles. The number of nitrogens with zero attached hydrogens (tertiary/aromatic N) is 2. The monoisotopic (exact) mass is 609 g/mol. The summed E-state index contributed by atoms with van der Waals surface area (Å²) in [5.74, 6) is -0.951. The third kappa shape index (κ3) is 7.88. The normalized spacial score (nSPS) is 12.2. The van der Waals surface area contributed by atoms with E-state index in [0.717, 1.165) is 15.4 Å². The van der Waals surface area contributed by atoms with Crippen molar-refractivity contribution >= 4 is 62.3 Å². The molecule has 0 saturated heterocycles. The fourth-order valence-corrected chi connectivity index (χ4v) is 5.60. The number of sulfonamides is 1. The average molecular weight is 611 g/mol. The number of hydrogen-bond acceptors (Lipinski definition) is 4. The van der Waals surface area contributed by atoms with Crippen LogP contribution in [0.1, 0.15) is 31.9 Å². The minimum absolute atomic E-state index is 0.00169. The maximum absolute atomic E-state index is 13.9. The summed E-state index contributed by atoms with van der Waals surface area (Å²) in [5, 5.41) is 3.71. The Labute approximate surface area is 244 Å². The van der Waals surface area contributed by atoms with Gasteiger partial charge in [-0.1, -0.05) is 64.6 Å². The molecule has 208 valence electrons. The highest BCUT2D eigenvalue weighted by molar-refractivity contribution is 7.92. The van der Waals surface area contributed by atoms with Crippen LogP contribution in [0.4, 0.5) is 5.69 Å². The van der Waals surface area contributed by atoms with Gasteiger partial charge in [-0.05, 0) is 75.7 Å². The molecule has 1 atom stereocenters. The largest absolute Gasteiger partial charge is 0.352 e. The number of carbonyl (C=O) groups excluding carboxylic acids is 2. The van der Waals surface area contributed by atoms with Crippen molar-refractivity contribution in [1.29, 1.82) is 0 Å². The lowest BCUT2D eigenvalue weighted by Crippen LogP contribution is -2.52. The highest BCUT2D eigenvalue weighted by atomic mass is 35.5. The summed E-state index contributed by atoms with van der Waals surface area (Å²) in [4.78, 5) is 28.2. The standard InChI is InChI=1S/C28H30Cl3N3O4S/c1-18(2)32-28(36)20(4)33(16-21-7-9-22(29)10-8-21)27(35)17-34(23-11-14-25(30)26(31)15-23)39(37,38)24-12-5-19(3)6-13-24/h5-15,18,20H,16-17H2,1-4H3,(H,32,36)/t20-/m0/s1. The molecule has 0 aliphatic heterocycles. The summed E-state index contributed by atoms with van der Waals surface area (Å²) in [6, 6.07) is 16.4. The summed E-state index contributed by atoms with van der Waals surface area (Å²) >= 11 is 18.3. The molecule has 3 rings (SSSR count). The van der Waals surface area contributed by atoms with Crippen molar-refractivity contribution in [3.63, 3.8) is 0 Å². The summed E-state index contributed by atoms with van der Waals surface area (Å²) < 4.78 is 28.6. The maximum atomic E-state index is 13.9. The second-order valence-corrected chi connectivity index (χ2v) is 12.5. The van der Waals surface area contributed by atoms with Crippen molar-refractivity contribution in [3.8, 4) is 0 Å². The van der Waals surface area contributed by atoms with Crippen LogP contribution in [0.15, 0.2) is 71.6 Å². The third-order valence-corrected chi connectivity index (χ3v) is 8.72. The van der Waals surface area contributed by atoms with Gasteiger partial charge in [-0.25, -0.2) is 8.42 Å². The van der Waals surface area contributed by atoms with Crippen molar-refractivity contribution in [2.45, 2.75) is 51.2 Å². The molecule has 0 spiro atoms. The summed E-state index contributed by atoms with van der Waals surface area (Å²) in [6.07, 6.45) is 0. The van der Waals surface area contributed by atoms with Crippen LogP contribution >= 0.6 is 34.8 Å². The Balaban J connectivity index is 2.05. The van der Waals surface area contributed by atoms with Gasteiger partial charge in [-0.3, -0.25) is 13.9 Å². The third-order valence-electron chi connectivity index (χ3n) is 5.94. The van der Waals surface area contributed by atoms with E-state index in [9.17, 15) is 18.0 Å². The second-order valence-electron chi connectivity index (χ2n) is 9.41. The fraction of sp³-hybridized carbons (Fsp3) is 0.286. The molecular formula is C28H30Cl3N3O4S. The van der Waals surface area contributed by atoms with E-state index in [-0.39, 0.29) is 39.1 Å². The maximum Gasteiger partial charge on any atom is 0.264 e. The van der Waals surface area contributed by atoms with Gasteiger partial charge in [0.1, 0.15) is 12.6 Å². The number of halogens is 3. The number of carbonyl (C=O) groups is 2. The van der Waals surface area contributed by atoms with Gasteiger partial charge in [0.2, 0.25) is 11.8 Å². The van der Waals surface area contributed by atoms with E-state index in [4.69, 9.17) is 34.8 Å². The highest BCUT2D eigenvalue weighted by Crippen LogP contribution is 2.31. The predicted octanol–water partition coefficient (Wildman–Crippen LogP) is 6.09. The Bertz CT molecular complexity index is 1430. The van der Waals surface area contributed by atoms with Crippen LogP contribution in [0, 0.1) is 6.92 Å². The van der Waals surface area contributed by atoms with Gasteiger partial charge in [0, 0.05) is 17.6 Å². The van der Waals surface area contributed by atoms with Gasteiger partial charge in [0.15, 0.2) is 0 Å². The van der Waals surface area contributed by atoms with Gasteiger partial charge in [-0.2, -0.15) is 0 Å². The molecule has 3 aromatic rings. The number of amides is 2. The molecule has 0 aliphatic rings. The molecule has 3 aromatic carbocycles. The van der Waals surface area contributed by atoms with Gasteiger partial charge < -0.3 is 10.2 Å². The molecule has 0 fully saturated rings. The zero-order valence-electron chi connectivity index (χ0n) is 22.0. The van der Waals surface area contributed by atoms with Crippen LogP contribution in [0.25, 0.3) is 0 Å². The molecule has 0 radical (unpaired) electrons. The molecule has 0 bridgehead atoms. The number of benzene rings is 3. The van der Waals surface area contributed by atoms with Crippen LogP contribution in [0.5, 0.6) is 0 Å². The van der Waals surface area contributed by atoms with E-state index < -0.39 is 28.5 Å². The first kappa shape index (κ1) is 30.8. The molecule has 39 heavy (non-hydrogen) atoms. The van der Waals surface area contributed by atoms with Crippen molar-refractivity contribution < 1.29 is 18.0 Å². The summed E-state index contributed by atoms with van der Waals surface area (Å²) in [5.41, 5.74) is 1.76. The molecule has 0 heterocycles. The Morgan fingerprint density at radius 1 is 0.872 bits per heavy atom. The first-order valence-electron chi connectivity index (χ1n) is 12.2.